The van der Waals surface area contributed by atoms with E-state index in [1.165, 1.54) is 0 Å². The van der Waals surface area contributed by atoms with Crippen LogP contribution in [-0.4, -0.2) is 14.5 Å². The molecule has 0 bridgehead atoms. The van der Waals surface area contributed by atoms with E-state index < -0.39 is 0 Å². The van der Waals surface area contributed by atoms with Crippen molar-refractivity contribution in [1.29, 1.82) is 0 Å². The van der Waals surface area contributed by atoms with Crippen molar-refractivity contribution in [3.05, 3.63) is 130 Å². The lowest BCUT2D eigenvalue weighted by atomic mass is 10.1. The van der Waals surface area contributed by atoms with Crippen molar-refractivity contribution < 1.29 is 0 Å². The van der Waals surface area contributed by atoms with E-state index in [0.29, 0.717) is 30.9 Å². The van der Waals surface area contributed by atoms with E-state index in [0.717, 1.165) is 33.6 Å². The lowest BCUT2D eigenvalue weighted by Gasteiger charge is -2.13. The summed E-state index contributed by atoms with van der Waals surface area (Å²) in [5.74, 6) is 0.670. The van der Waals surface area contributed by atoms with Crippen molar-refractivity contribution in [2.75, 3.05) is 0 Å². The second kappa shape index (κ2) is 8.65. The number of nitrogens with two attached hydrogens (primary N) is 1. The first-order valence-corrected chi connectivity index (χ1v) is 10.7. The van der Waals surface area contributed by atoms with Crippen LogP contribution in [0.2, 0.25) is 0 Å². The van der Waals surface area contributed by atoms with Gasteiger partial charge in [-0.2, -0.15) is 0 Å². The van der Waals surface area contributed by atoms with E-state index in [1.54, 1.807) is 4.57 Å². The highest BCUT2D eigenvalue weighted by atomic mass is 16.1. The molecule has 3 aromatic carbocycles. The third-order valence-electron chi connectivity index (χ3n) is 5.66. The third kappa shape index (κ3) is 3.98. The molecule has 158 valence electrons. The molecule has 2 aliphatic heterocycles. The molecule has 3 aromatic rings. The molecule has 0 aromatic heterocycles. The lowest BCUT2D eigenvalue weighted by molar-refractivity contribution is 0.914. The van der Waals surface area contributed by atoms with Gasteiger partial charge < -0.3 is 10.7 Å². The van der Waals surface area contributed by atoms with E-state index >= 15 is 0 Å². The van der Waals surface area contributed by atoms with E-state index in [4.69, 9.17) is 10.7 Å². The maximum Gasteiger partial charge on any atom is 0.278 e. The quantitative estimate of drug-likeness (QED) is 0.430. The Hall–Kier alpha value is -3.96. The van der Waals surface area contributed by atoms with Gasteiger partial charge in [-0.05, 0) is 22.3 Å². The van der Waals surface area contributed by atoms with Crippen LogP contribution in [-0.2, 0) is 19.4 Å². The number of fused-ring (bicyclic) bond motifs is 1. The van der Waals surface area contributed by atoms with Crippen molar-refractivity contribution in [1.82, 2.24) is 14.5 Å². The Morgan fingerprint density at radius 2 is 1.50 bits per heavy atom. The summed E-state index contributed by atoms with van der Waals surface area (Å²) < 4.78 is 1.68. The molecule has 32 heavy (non-hydrogen) atoms. The zero-order chi connectivity index (χ0) is 21.9. The first-order valence-electron chi connectivity index (χ1n) is 10.7. The fraction of sp³-hybridized carbons (Fsp3) is 0.111. The predicted molar refractivity (Wildman–Crippen MR) is 127 cm³/mol. The molecular weight excluding hydrogens is 396 g/mol. The van der Waals surface area contributed by atoms with Crippen LogP contribution in [0, 0.1) is 0 Å². The normalized spacial score (nSPS) is 11.2. The largest absolute Gasteiger partial charge is 0.354 e. The van der Waals surface area contributed by atoms with Crippen LogP contribution < -0.4 is 11.3 Å². The van der Waals surface area contributed by atoms with E-state index in [9.17, 15) is 4.79 Å². The molecule has 0 radical (unpaired) electrons. The van der Waals surface area contributed by atoms with Crippen LogP contribution in [0.4, 0.5) is 0 Å². The predicted octanol–water partition coefficient (Wildman–Crippen LogP) is 4.31. The Balaban J connectivity index is 1.63. The van der Waals surface area contributed by atoms with Crippen molar-refractivity contribution in [3.8, 4) is 17.1 Å². The lowest BCUT2D eigenvalue weighted by Crippen LogP contribution is -2.18. The third-order valence-corrected chi connectivity index (χ3v) is 5.66. The topological polar surface area (TPSA) is 76.7 Å². The van der Waals surface area contributed by atoms with Gasteiger partial charge >= 0.3 is 0 Å². The molecule has 5 nitrogen and oxygen atoms in total. The molecule has 0 amide bonds. The molecule has 0 unspecified atom stereocenters. The minimum absolute atomic E-state index is 0.0846. The van der Waals surface area contributed by atoms with Crippen LogP contribution in [0.15, 0.2) is 95.9 Å². The van der Waals surface area contributed by atoms with Gasteiger partial charge in [0.2, 0.25) is 0 Å². The van der Waals surface area contributed by atoms with Gasteiger partial charge in [-0.15, -0.1) is 0 Å². The molecule has 2 heterocycles. The summed E-state index contributed by atoms with van der Waals surface area (Å²) >= 11 is 0. The number of aromatic amines is 1. The number of hydrogen-bond donors (Lipinski definition) is 2. The zero-order valence-corrected chi connectivity index (χ0v) is 17.7. The van der Waals surface area contributed by atoms with Crippen LogP contribution in [0.3, 0.4) is 0 Å². The van der Waals surface area contributed by atoms with Gasteiger partial charge in [-0.3, -0.25) is 9.36 Å². The molecule has 0 saturated heterocycles. The second-order valence-corrected chi connectivity index (χ2v) is 7.93. The minimum atomic E-state index is -0.0846. The van der Waals surface area contributed by atoms with E-state index in [2.05, 4.69) is 17.1 Å². The molecule has 0 spiro atoms. The van der Waals surface area contributed by atoms with Gasteiger partial charge in [-0.1, -0.05) is 84.9 Å². The zero-order valence-electron chi connectivity index (χ0n) is 17.7. The number of nitrogens with one attached hydrogen (secondary N) is 1. The van der Waals surface area contributed by atoms with E-state index in [-0.39, 0.29) is 5.56 Å². The average molecular weight is 421 g/mol. The maximum absolute atomic E-state index is 13.3. The minimum Gasteiger partial charge on any atom is -0.354 e. The van der Waals surface area contributed by atoms with Crippen LogP contribution in [0.25, 0.3) is 17.1 Å². The fourth-order valence-electron chi connectivity index (χ4n) is 4.04. The van der Waals surface area contributed by atoms with Crippen molar-refractivity contribution in [3.63, 3.8) is 0 Å². The van der Waals surface area contributed by atoms with Gasteiger partial charge in [0.05, 0.1) is 11.4 Å². The number of nitrogens with zero attached hydrogens (tertiary/aromatic N) is 2. The molecule has 0 atom stereocenters. The van der Waals surface area contributed by atoms with Gasteiger partial charge in [0, 0.05) is 25.6 Å². The first kappa shape index (κ1) is 20.0. The average Bonchev–Trinajstić information content (AvgIpc) is 3.16. The summed E-state index contributed by atoms with van der Waals surface area (Å²) in [5.41, 5.74) is 12.3. The number of benzene rings is 3. The number of imidazole rings is 1. The van der Waals surface area contributed by atoms with Crippen molar-refractivity contribution in [2.24, 2.45) is 5.73 Å². The van der Waals surface area contributed by atoms with E-state index in [1.807, 2.05) is 79.0 Å². The molecule has 0 aliphatic carbocycles. The van der Waals surface area contributed by atoms with Gasteiger partial charge in [0.1, 0.15) is 5.69 Å². The molecule has 0 fully saturated rings. The summed E-state index contributed by atoms with van der Waals surface area (Å²) in [6.45, 7) is 0.472. The standard InChI is InChI=1S/C27H24N4O/c28-17-21-11-7-10-20(14-21)16-24-27(32)31-18-25(22-12-5-2-6-13-22)29-23(26(31)30-24)15-19-8-3-1-4-9-19/h1-14,18,29H,15-17,28H2. The molecule has 5 heteroatoms. The second-order valence-electron chi connectivity index (χ2n) is 7.93. The fourth-order valence-corrected chi connectivity index (χ4v) is 4.04. The number of H-pyrrole nitrogens is 1. The maximum atomic E-state index is 13.3. The number of aromatic nitrogens is 3. The molecule has 3 N–H and O–H groups in total. The SMILES string of the molecule is NCc1cccc(Cc2nc3c(Cc4ccccc4)[nH]c(-c4ccccc4)cn-3c2=O)c1. The molecule has 5 rings (SSSR count). The highest BCUT2D eigenvalue weighted by Gasteiger charge is 2.20. The van der Waals surface area contributed by atoms with Gasteiger partial charge in [-0.25, -0.2) is 4.98 Å². The van der Waals surface area contributed by atoms with Crippen molar-refractivity contribution >= 4 is 0 Å². The van der Waals surface area contributed by atoms with Gasteiger partial charge in [0.15, 0.2) is 5.82 Å². The molecule has 2 aliphatic rings. The first-order chi connectivity index (χ1) is 15.7. The highest BCUT2D eigenvalue weighted by Crippen LogP contribution is 2.23. The molecule has 0 saturated carbocycles. The number of rotatable bonds is 6. The summed E-state index contributed by atoms with van der Waals surface area (Å²) in [7, 11) is 0. The Morgan fingerprint density at radius 1 is 0.812 bits per heavy atom. The summed E-state index contributed by atoms with van der Waals surface area (Å²) in [5, 5.41) is 0. The Labute approximate surface area is 186 Å². The summed E-state index contributed by atoms with van der Waals surface area (Å²) in [6, 6.07) is 28.3. The highest BCUT2D eigenvalue weighted by molar-refractivity contribution is 5.60. The van der Waals surface area contributed by atoms with Crippen LogP contribution >= 0.6 is 0 Å². The Morgan fingerprint density at radius 3 is 2.25 bits per heavy atom. The Bertz CT molecular complexity index is 1370. The summed E-state index contributed by atoms with van der Waals surface area (Å²) in [4.78, 5) is 21.7. The van der Waals surface area contributed by atoms with Crippen LogP contribution in [0.5, 0.6) is 0 Å². The van der Waals surface area contributed by atoms with Crippen molar-refractivity contribution in [2.45, 2.75) is 19.4 Å². The van der Waals surface area contributed by atoms with Gasteiger partial charge in [0.25, 0.3) is 5.56 Å². The van der Waals surface area contributed by atoms with Crippen LogP contribution in [0.1, 0.15) is 28.1 Å². The summed E-state index contributed by atoms with van der Waals surface area (Å²) in [6.07, 6.45) is 2.98. The smallest absolute Gasteiger partial charge is 0.278 e. The monoisotopic (exact) mass is 420 g/mol. The Kier molecular flexibility index (Phi) is 5.40. The molecular formula is C27H24N4O. The number of hydrogen-bond acceptors (Lipinski definition) is 3.